The van der Waals surface area contributed by atoms with Crippen molar-refractivity contribution in [3.63, 3.8) is 0 Å². The van der Waals surface area contributed by atoms with Crippen LogP contribution >= 0.6 is 0 Å². The fourth-order valence-electron chi connectivity index (χ4n) is 2.51. The van der Waals surface area contributed by atoms with Gasteiger partial charge in [0.15, 0.2) is 0 Å². The third-order valence-corrected chi connectivity index (χ3v) is 3.98. The molecule has 0 saturated heterocycles. The van der Waals surface area contributed by atoms with Crippen LogP contribution in [0.5, 0.6) is 5.75 Å². The van der Waals surface area contributed by atoms with Crippen LogP contribution in [0.15, 0.2) is 60.3 Å². The molecule has 0 unspecified atom stereocenters. The van der Waals surface area contributed by atoms with Crippen molar-refractivity contribution < 1.29 is 14.3 Å². The molecule has 3 N–H and O–H groups in total. The van der Waals surface area contributed by atoms with Gasteiger partial charge < -0.3 is 15.8 Å². The van der Waals surface area contributed by atoms with E-state index in [0.717, 1.165) is 16.2 Å². The minimum Gasteiger partial charge on any atom is -0.497 e. The molecular formula is C21H22N4O3. The van der Waals surface area contributed by atoms with E-state index in [1.165, 1.54) is 13.1 Å². The number of amides is 2. The third-order valence-electron chi connectivity index (χ3n) is 3.98. The maximum atomic E-state index is 12.7. The molecule has 0 fully saturated rings. The average molecular weight is 378 g/mol. The number of carbonyl (C=O) groups is 2. The lowest BCUT2D eigenvalue weighted by Gasteiger charge is -2.19. The zero-order valence-electron chi connectivity index (χ0n) is 15.8. The Balaban J connectivity index is 2.04. The van der Waals surface area contributed by atoms with Crippen molar-refractivity contribution in [2.24, 2.45) is 0 Å². The Morgan fingerprint density at radius 3 is 2.36 bits per heavy atom. The second kappa shape index (κ2) is 9.78. The van der Waals surface area contributed by atoms with E-state index >= 15 is 0 Å². The number of benzene rings is 2. The molecule has 2 rings (SSSR count). The summed E-state index contributed by atoms with van der Waals surface area (Å²) in [5, 5.41) is 12.3. The number of anilines is 2. The topological polar surface area (TPSA) is 108 Å². The van der Waals surface area contributed by atoms with Crippen LogP contribution in [0.25, 0.3) is 0 Å². The van der Waals surface area contributed by atoms with Crippen molar-refractivity contribution >= 4 is 23.2 Å². The molecule has 0 aliphatic rings. The molecular weight excluding hydrogens is 356 g/mol. The first-order valence-electron chi connectivity index (χ1n) is 8.63. The zero-order chi connectivity index (χ0) is 20.5. The summed E-state index contributed by atoms with van der Waals surface area (Å²) in [5.74, 6) is -0.410. The summed E-state index contributed by atoms with van der Waals surface area (Å²) in [4.78, 5) is 25.6. The number of imide groups is 1. The molecule has 144 valence electrons. The molecule has 0 atom stereocenters. The minimum atomic E-state index is -0.697. The number of nitrogens with two attached hydrogens (primary N) is 1. The molecule has 0 bridgehead atoms. The summed E-state index contributed by atoms with van der Waals surface area (Å²) in [7, 11) is 1.61. The highest BCUT2D eigenvalue weighted by Crippen LogP contribution is 2.19. The molecule has 0 spiro atoms. The smallest absolute Gasteiger partial charge is 0.277 e. The fourth-order valence-corrected chi connectivity index (χ4v) is 2.51. The van der Waals surface area contributed by atoms with Crippen molar-refractivity contribution in [3.05, 3.63) is 65.9 Å². The number of carbonyl (C=O) groups excluding carboxylic acids is 2. The van der Waals surface area contributed by atoms with Crippen LogP contribution in [0.4, 0.5) is 11.4 Å². The van der Waals surface area contributed by atoms with Gasteiger partial charge >= 0.3 is 0 Å². The molecule has 0 aliphatic heterocycles. The van der Waals surface area contributed by atoms with Gasteiger partial charge in [-0.15, -0.1) is 0 Å². The van der Waals surface area contributed by atoms with E-state index < -0.39 is 11.8 Å². The number of hydrogen-bond donors (Lipinski definition) is 2. The van der Waals surface area contributed by atoms with Crippen LogP contribution in [-0.4, -0.2) is 25.5 Å². The number of hydrogen-bond acceptors (Lipinski definition) is 6. The average Bonchev–Trinajstić information content (AvgIpc) is 2.69. The van der Waals surface area contributed by atoms with Crippen LogP contribution in [0, 0.1) is 11.3 Å². The molecule has 7 heteroatoms. The second-order valence-corrected chi connectivity index (χ2v) is 5.97. The molecule has 7 nitrogen and oxygen atoms in total. The lowest BCUT2D eigenvalue weighted by Crippen LogP contribution is -2.36. The van der Waals surface area contributed by atoms with Crippen molar-refractivity contribution in [2.45, 2.75) is 13.3 Å². The van der Waals surface area contributed by atoms with Crippen molar-refractivity contribution in [2.75, 3.05) is 24.3 Å². The van der Waals surface area contributed by atoms with Crippen molar-refractivity contribution in [3.8, 4) is 11.8 Å². The van der Waals surface area contributed by atoms with Crippen LogP contribution < -0.4 is 20.7 Å². The molecule has 0 aromatic heterocycles. The number of nitrogens with one attached hydrogen (secondary N) is 1. The largest absolute Gasteiger partial charge is 0.497 e. The van der Waals surface area contributed by atoms with Crippen molar-refractivity contribution in [1.29, 1.82) is 5.26 Å². The molecule has 2 amide bonds. The van der Waals surface area contributed by atoms with Gasteiger partial charge in [0.05, 0.1) is 12.8 Å². The normalized spacial score (nSPS) is 10.7. The SMILES string of the molecule is COc1ccc(CCN/C=C(/C#N)C(=O)N(C(C)=O)c2ccc(N)cc2)cc1. The van der Waals surface area contributed by atoms with Crippen molar-refractivity contribution in [1.82, 2.24) is 5.32 Å². The Kier molecular flexibility index (Phi) is 7.17. The first-order valence-corrected chi connectivity index (χ1v) is 8.63. The number of ether oxygens (including phenoxy) is 1. The molecule has 2 aromatic rings. The van der Waals surface area contributed by atoms with Gasteiger partial charge in [0.25, 0.3) is 5.91 Å². The van der Waals surface area contributed by atoms with E-state index in [1.807, 2.05) is 30.3 Å². The highest BCUT2D eigenvalue weighted by atomic mass is 16.5. The number of nitrogens with zero attached hydrogens (tertiary/aromatic N) is 2. The van der Waals surface area contributed by atoms with Crippen LogP contribution in [-0.2, 0) is 16.0 Å². The van der Waals surface area contributed by atoms with Crippen LogP contribution in [0.2, 0.25) is 0 Å². The predicted molar refractivity (Wildman–Crippen MR) is 107 cm³/mol. The number of nitrogen functional groups attached to an aromatic ring is 1. The second-order valence-electron chi connectivity index (χ2n) is 5.97. The van der Waals surface area contributed by atoms with E-state index in [1.54, 1.807) is 31.4 Å². The van der Waals surface area contributed by atoms with Crippen LogP contribution in [0.3, 0.4) is 0 Å². The Labute approximate surface area is 164 Å². The lowest BCUT2D eigenvalue weighted by molar-refractivity contribution is -0.123. The summed E-state index contributed by atoms with van der Waals surface area (Å²) >= 11 is 0. The van der Waals surface area contributed by atoms with E-state index in [-0.39, 0.29) is 5.57 Å². The molecule has 0 radical (unpaired) electrons. The van der Waals surface area contributed by atoms with Gasteiger partial charge in [-0.25, -0.2) is 4.90 Å². The van der Waals surface area contributed by atoms with Gasteiger partial charge in [0.2, 0.25) is 5.91 Å². The molecule has 0 aliphatic carbocycles. The monoisotopic (exact) mass is 378 g/mol. The molecule has 2 aromatic carbocycles. The van der Waals surface area contributed by atoms with Gasteiger partial charge in [0, 0.05) is 25.4 Å². The van der Waals surface area contributed by atoms with Crippen LogP contribution in [0.1, 0.15) is 12.5 Å². The quantitative estimate of drug-likeness (QED) is 0.331. The maximum absolute atomic E-state index is 12.7. The van der Waals surface area contributed by atoms with E-state index in [4.69, 9.17) is 10.5 Å². The van der Waals surface area contributed by atoms with E-state index in [2.05, 4.69) is 5.32 Å². The number of methoxy groups -OCH3 is 1. The first kappa shape index (κ1) is 20.5. The summed E-state index contributed by atoms with van der Waals surface area (Å²) in [6, 6.07) is 15.8. The summed E-state index contributed by atoms with van der Waals surface area (Å²) < 4.78 is 5.11. The summed E-state index contributed by atoms with van der Waals surface area (Å²) in [5.41, 5.74) is 7.42. The predicted octanol–water partition coefficient (Wildman–Crippen LogP) is 2.40. The Morgan fingerprint density at radius 2 is 1.82 bits per heavy atom. The fraction of sp³-hybridized carbons (Fsp3) is 0.190. The van der Waals surface area contributed by atoms with Gasteiger partial charge in [-0.05, 0) is 48.4 Å². The number of nitriles is 1. The van der Waals surface area contributed by atoms with Gasteiger partial charge in [0.1, 0.15) is 17.4 Å². The standard InChI is InChI=1S/C21H22N4O3/c1-15(26)25(19-7-5-18(23)6-8-19)21(27)17(13-22)14-24-12-11-16-3-9-20(28-2)10-4-16/h3-10,14,24H,11-12,23H2,1-2H3/b17-14-. The maximum Gasteiger partial charge on any atom is 0.277 e. The molecule has 0 saturated carbocycles. The number of rotatable bonds is 7. The zero-order valence-corrected chi connectivity index (χ0v) is 15.8. The first-order chi connectivity index (χ1) is 13.5. The Morgan fingerprint density at radius 1 is 1.18 bits per heavy atom. The third kappa shape index (κ3) is 5.35. The Bertz CT molecular complexity index is 897. The molecule has 0 heterocycles. The molecule has 28 heavy (non-hydrogen) atoms. The summed E-state index contributed by atoms with van der Waals surface area (Å²) in [6.07, 6.45) is 2.03. The van der Waals surface area contributed by atoms with Gasteiger partial charge in [-0.3, -0.25) is 9.59 Å². The van der Waals surface area contributed by atoms with Gasteiger partial charge in [-0.1, -0.05) is 12.1 Å². The lowest BCUT2D eigenvalue weighted by atomic mass is 10.1. The highest BCUT2D eigenvalue weighted by molar-refractivity contribution is 6.21. The van der Waals surface area contributed by atoms with E-state index in [0.29, 0.717) is 24.3 Å². The van der Waals surface area contributed by atoms with Gasteiger partial charge in [-0.2, -0.15) is 5.26 Å². The van der Waals surface area contributed by atoms with E-state index in [9.17, 15) is 14.9 Å². The minimum absolute atomic E-state index is 0.165. The summed E-state index contributed by atoms with van der Waals surface area (Å²) in [6.45, 7) is 1.78. The highest BCUT2D eigenvalue weighted by Gasteiger charge is 2.23. The Hall–Kier alpha value is -3.79.